The topological polar surface area (TPSA) is 130 Å². The van der Waals surface area contributed by atoms with Crippen molar-refractivity contribution in [2.24, 2.45) is 0 Å². The van der Waals surface area contributed by atoms with Gasteiger partial charge < -0.3 is 8.80 Å². The van der Waals surface area contributed by atoms with Crippen molar-refractivity contribution in [2.45, 2.75) is 13.1 Å². The van der Waals surface area contributed by atoms with Crippen molar-refractivity contribution in [1.82, 2.24) is 47.8 Å². The Balaban J connectivity index is 0.000000142. The van der Waals surface area contributed by atoms with Crippen molar-refractivity contribution < 1.29 is 0 Å². The van der Waals surface area contributed by atoms with E-state index in [4.69, 9.17) is 0 Å². The Kier molecular flexibility index (Phi) is 8.29. The van der Waals surface area contributed by atoms with Gasteiger partial charge in [-0.15, -0.1) is 0 Å². The number of nitrogens with zero attached hydrogens (tertiary/aromatic N) is 10. The molecule has 0 saturated carbocycles. The summed E-state index contributed by atoms with van der Waals surface area (Å²) in [5, 5.41) is 0. The van der Waals surface area contributed by atoms with Gasteiger partial charge in [0.2, 0.25) is 0 Å². The molecule has 0 aliphatic carbocycles. The van der Waals surface area contributed by atoms with Gasteiger partial charge in [0.25, 0.3) is 11.1 Å². The summed E-state index contributed by atoms with van der Waals surface area (Å²) in [5.41, 5.74) is 11.1. The number of hydrogen-bond acceptors (Lipinski definition) is 8. The van der Waals surface area contributed by atoms with Gasteiger partial charge in [-0.1, -0.05) is 42.5 Å². The van der Waals surface area contributed by atoms with Gasteiger partial charge in [0, 0.05) is 37.2 Å². The van der Waals surface area contributed by atoms with E-state index in [0.717, 1.165) is 66.6 Å². The second-order valence-electron chi connectivity index (χ2n) is 12.7. The van der Waals surface area contributed by atoms with E-state index in [9.17, 15) is 9.59 Å². The Labute approximate surface area is 307 Å². The Bertz CT molecular complexity index is 2880. The summed E-state index contributed by atoms with van der Waals surface area (Å²) in [6, 6.07) is 28.2. The summed E-state index contributed by atoms with van der Waals surface area (Å²) in [4.78, 5) is 49.8. The fourth-order valence-corrected chi connectivity index (χ4v) is 6.59. The highest BCUT2D eigenvalue weighted by molar-refractivity contribution is 5.74. The molecule has 10 rings (SSSR count). The summed E-state index contributed by atoms with van der Waals surface area (Å²) in [5.74, 6) is 0. The summed E-state index contributed by atoms with van der Waals surface area (Å²) >= 11 is 0. The quantitative estimate of drug-likeness (QED) is 0.197. The lowest BCUT2D eigenvalue weighted by molar-refractivity contribution is 0.785. The van der Waals surface area contributed by atoms with Crippen LogP contribution in [0.4, 0.5) is 0 Å². The molecule has 12 heteroatoms. The molecule has 8 heterocycles. The molecule has 0 atom stereocenters. The molecule has 10 aromatic rings. The van der Waals surface area contributed by atoms with E-state index in [1.807, 2.05) is 69.7 Å². The fourth-order valence-electron chi connectivity index (χ4n) is 6.59. The van der Waals surface area contributed by atoms with Gasteiger partial charge in [-0.3, -0.25) is 28.7 Å². The Morgan fingerprint density at radius 1 is 0.500 bits per heavy atom. The van der Waals surface area contributed by atoms with Crippen LogP contribution in [-0.2, 0) is 13.1 Å². The predicted octanol–water partition coefficient (Wildman–Crippen LogP) is 6.31. The van der Waals surface area contributed by atoms with Crippen molar-refractivity contribution >= 4 is 33.2 Å². The van der Waals surface area contributed by atoms with Crippen molar-refractivity contribution in [1.29, 1.82) is 0 Å². The first-order valence-corrected chi connectivity index (χ1v) is 17.2. The van der Waals surface area contributed by atoms with Crippen LogP contribution in [0.5, 0.6) is 0 Å². The third-order valence-corrected chi connectivity index (χ3v) is 9.30. The monoisotopic (exact) mass is 706 g/mol. The van der Waals surface area contributed by atoms with Gasteiger partial charge in [-0.05, 0) is 75.8 Å². The van der Waals surface area contributed by atoms with E-state index in [2.05, 4.69) is 78.7 Å². The Morgan fingerprint density at radius 3 is 1.72 bits per heavy atom. The van der Waals surface area contributed by atoms with Gasteiger partial charge in [0.15, 0.2) is 0 Å². The minimum absolute atomic E-state index is 0.138. The van der Waals surface area contributed by atoms with E-state index in [1.54, 1.807) is 46.4 Å². The molecule has 0 saturated heterocycles. The van der Waals surface area contributed by atoms with Gasteiger partial charge in [-0.25, -0.2) is 19.9 Å². The highest BCUT2D eigenvalue weighted by Gasteiger charge is 2.09. The summed E-state index contributed by atoms with van der Waals surface area (Å²) in [7, 11) is 0. The van der Waals surface area contributed by atoms with Gasteiger partial charge >= 0.3 is 0 Å². The van der Waals surface area contributed by atoms with Crippen LogP contribution < -0.4 is 11.1 Å². The number of imidazole rings is 2. The maximum atomic E-state index is 12.4. The molecule has 0 radical (unpaired) electrons. The summed E-state index contributed by atoms with van der Waals surface area (Å²) in [6.45, 7) is 0.926. The van der Waals surface area contributed by atoms with Crippen molar-refractivity contribution in [3.05, 3.63) is 191 Å². The summed E-state index contributed by atoms with van der Waals surface area (Å²) in [6.07, 6.45) is 20.9. The molecule has 260 valence electrons. The van der Waals surface area contributed by atoms with Crippen LogP contribution in [0.3, 0.4) is 0 Å². The standard InChI is InChI=1S/2C21H15N5O/c27-21-11-24-19-6-7-22-10-20(19)26(21)12-15-2-1-3-16(8-15)17-4-5-18-9-23-14-25(18)13-17;27-21-12-24-18-6-7-22-11-19(18)26(21)13-15-2-1-3-16(10-15)17-4-5-20-23-8-9-25(20)14-17/h1-11,13-14H,12H2;1-12,14H,13H2. The molecule has 12 nitrogen and oxygen atoms in total. The van der Waals surface area contributed by atoms with Crippen molar-refractivity contribution in [3.63, 3.8) is 0 Å². The molecular formula is C42H30N10O2. The minimum atomic E-state index is -0.138. The molecule has 0 amide bonds. The first kappa shape index (κ1) is 32.3. The normalized spacial score (nSPS) is 11.3. The molecule has 0 bridgehead atoms. The first-order chi connectivity index (χ1) is 26.6. The molecule has 2 aromatic carbocycles. The average molecular weight is 707 g/mol. The van der Waals surface area contributed by atoms with E-state index in [1.165, 1.54) is 12.4 Å². The van der Waals surface area contributed by atoms with Crippen LogP contribution in [0.1, 0.15) is 11.1 Å². The number of rotatable bonds is 6. The summed E-state index contributed by atoms with van der Waals surface area (Å²) < 4.78 is 7.39. The zero-order valence-corrected chi connectivity index (χ0v) is 28.7. The Hall–Kier alpha value is -7.60. The van der Waals surface area contributed by atoms with Crippen LogP contribution in [0, 0.1) is 0 Å². The molecule has 0 spiro atoms. The fraction of sp³-hybridized carbons (Fsp3) is 0.0476. The van der Waals surface area contributed by atoms with Gasteiger partial charge in [0.05, 0.1) is 78.0 Å². The molecule has 54 heavy (non-hydrogen) atoms. The van der Waals surface area contributed by atoms with E-state index in [0.29, 0.717) is 13.1 Å². The van der Waals surface area contributed by atoms with E-state index >= 15 is 0 Å². The highest BCUT2D eigenvalue weighted by atomic mass is 16.1. The minimum Gasteiger partial charge on any atom is -0.306 e. The third-order valence-electron chi connectivity index (χ3n) is 9.30. The zero-order valence-electron chi connectivity index (χ0n) is 28.7. The molecule has 0 aliphatic rings. The molecular weight excluding hydrogens is 677 g/mol. The highest BCUT2D eigenvalue weighted by Crippen LogP contribution is 2.23. The maximum absolute atomic E-state index is 12.4. The molecule has 0 aliphatic heterocycles. The zero-order chi connectivity index (χ0) is 36.4. The molecule has 0 unspecified atom stereocenters. The van der Waals surface area contributed by atoms with E-state index < -0.39 is 0 Å². The lowest BCUT2D eigenvalue weighted by atomic mass is 10.0. The lowest BCUT2D eigenvalue weighted by Crippen LogP contribution is -2.21. The van der Waals surface area contributed by atoms with Crippen molar-refractivity contribution in [3.8, 4) is 22.3 Å². The van der Waals surface area contributed by atoms with Crippen LogP contribution in [0.2, 0.25) is 0 Å². The second kappa shape index (κ2) is 13.8. The van der Waals surface area contributed by atoms with Crippen LogP contribution in [0.15, 0.2) is 169 Å². The molecule has 8 aromatic heterocycles. The predicted molar refractivity (Wildman–Crippen MR) is 207 cm³/mol. The van der Waals surface area contributed by atoms with Crippen LogP contribution >= 0.6 is 0 Å². The van der Waals surface area contributed by atoms with Crippen LogP contribution in [-0.4, -0.2) is 47.8 Å². The largest absolute Gasteiger partial charge is 0.306 e. The molecule has 0 N–H and O–H groups in total. The number of pyridine rings is 4. The molecule has 0 fully saturated rings. The number of hydrogen-bond donors (Lipinski definition) is 0. The smallest absolute Gasteiger partial charge is 0.269 e. The van der Waals surface area contributed by atoms with Crippen LogP contribution in [0.25, 0.3) is 55.5 Å². The van der Waals surface area contributed by atoms with Crippen molar-refractivity contribution in [2.75, 3.05) is 0 Å². The maximum Gasteiger partial charge on any atom is 0.269 e. The Morgan fingerprint density at radius 2 is 1.09 bits per heavy atom. The van der Waals surface area contributed by atoms with E-state index in [-0.39, 0.29) is 11.1 Å². The van der Waals surface area contributed by atoms with Gasteiger partial charge in [-0.2, -0.15) is 0 Å². The lowest BCUT2D eigenvalue weighted by Gasteiger charge is -2.11. The third kappa shape index (κ3) is 6.39. The average Bonchev–Trinajstić information content (AvgIpc) is 3.90. The first-order valence-electron chi connectivity index (χ1n) is 17.2. The number of aromatic nitrogens is 10. The number of fused-ring (bicyclic) bond motifs is 4. The second-order valence-corrected chi connectivity index (χ2v) is 12.7. The SMILES string of the molecule is O=c1cnc2ccncc2n1Cc1cccc(-c2ccc3cncn3c2)c1.O=c1cnc2ccncc2n1Cc1cccc(-c2ccc3nccn3c2)c1. The van der Waals surface area contributed by atoms with Gasteiger partial charge in [0.1, 0.15) is 5.65 Å². The number of benzene rings is 2.